The van der Waals surface area contributed by atoms with Crippen molar-refractivity contribution < 1.29 is 18.0 Å². The van der Waals surface area contributed by atoms with Crippen LogP contribution in [0.5, 0.6) is 0 Å². The van der Waals surface area contributed by atoms with Gasteiger partial charge in [-0.2, -0.15) is 13.2 Å². The van der Waals surface area contributed by atoms with Gasteiger partial charge < -0.3 is 0 Å². The molecule has 1 rings (SSSR count). The van der Waals surface area contributed by atoms with Gasteiger partial charge in [0, 0.05) is 0 Å². The Morgan fingerprint density at radius 3 is 2.27 bits per heavy atom. The number of halogens is 3. The molecule has 82 valence electrons. The molecule has 0 heterocycles. The first kappa shape index (κ1) is 11.5. The van der Waals surface area contributed by atoms with Crippen molar-refractivity contribution in [2.45, 2.75) is 12.7 Å². The molecule has 1 aromatic rings. The van der Waals surface area contributed by atoms with Gasteiger partial charge in [-0.25, -0.2) is 5.84 Å². The maximum atomic E-state index is 11.9. The van der Waals surface area contributed by atoms with Gasteiger partial charge >= 0.3 is 12.1 Å². The summed E-state index contributed by atoms with van der Waals surface area (Å²) in [6.07, 6.45) is -4.93. The number of carbonyl (C=O) groups is 1. The third-order valence-electron chi connectivity index (χ3n) is 1.70. The summed E-state index contributed by atoms with van der Waals surface area (Å²) in [5, 5.41) is 0.148. The third-order valence-corrected chi connectivity index (χ3v) is 1.70. The second kappa shape index (κ2) is 4.31. The van der Waals surface area contributed by atoms with E-state index in [0.717, 1.165) is 0 Å². The van der Waals surface area contributed by atoms with Crippen molar-refractivity contribution >= 4 is 5.91 Å². The Balaban J connectivity index is 2.65. The Kier molecular flexibility index (Phi) is 3.31. The molecule has 0 saturated carbocycles. The van der Waals surface area contributed by atoms with E-state index in [-0.39, 0.29) is 11.6 Å². The number of rotatable bonds is 2. The van der Waals surface area contributed by atoms with Crippen molar-refractivity contribution in [3.05, 3.63) is 35.9 Å². The van der Waals surface area contributed by atoms with Crippen molar-refractivity contribution in [3.63, 3.8) is 0 Å². The molecule has 0 unspecified atom stereocenters. The highest BCUT2D eigenvalue weighted by Crippen LogP contribution is 2.17. The maximum absolute atomic E-state index is 11.9. The first-order valence-electron chi connectivity index (χ1n) is 4.08. The molecule has 2 N–H and O–H groups in total. The number of amides is 1. The number of hydrogen-bond donors (Lipinski definition) is 1. The van der Waals surface area contributed by atoms with E-state index < -0.39 is 12.1 Å². The molecule has 0 aliphatic carbocycles. The van der Waals surface area contributed by atoms with E-state index in [9.17, 15) is 18.0 Å². The largest absolute Gasteiger partial charge is 0.472 e. The lowest BCUT2D eigenvalue weighted by atomic mass is 10.2. The molecule has 15 heavy (non-hydrogen) atoms. The van der Waals surface area contributed by atoms with Crippen molar-refractivity contribution in [1.29, 1.82) is 0 Å². The molecule has 0 fully saturated rings. The number of carbonyl (C=O) groups excluding carboxylic acids is 1. The lowest BCUT2D eigenvalue weighted by Crippen LogP contribution is -2.44. The van der Waals surface area contributed by atoms with E-state index in [1.807, 2.05) is 0 Å². The summed E-state index contributed by atoms with van der Waals surface area (Å²) in [6, 6.07) is 8.20. The highest BCUT2D eigenvalue weighted by atomic mass is 19.4. The van der Waals surface area contributed by atoms with Gasteiger partial charge in [-0.05, 0) is 5.56 Å². The van der Waals surface area contributed by atoms with E-state index in [1.54, 1.807) is 30.3 Å². The first-order chi connectivity index (χ1) is 6.91. The number of nitrogens with zero attached hydrogens (tertiary/aromatic N) is 1. The average molecular weight is 218 g/mol. The summed E-state index contributed by atoms with van der Waals surface area (Å²) in [4.78, 5) is 10.6. The van der Waals surface area contributed by atoms with Crippen LogP contribution < -0.4 is 5.84 Å². The van der Waals surface area contributed by atoms with Crippen LogP contribution in [0.15, 0.2) is 30.3 Å². The average Bonchev–Trinajstić information content (AvgIpc) is 2.16. The maximum Gasteiger partial charge on any atom is 0.472 e. The Hall–Kier alpha value is -1.56. The number of hydrazine groups is 1. The minimum atomic E-state index is -4.93. The zero-order chi connectivity index (χ0) is 11.5. The molecule has 0 spiro atoms. The second-order valence-corrected chi connectivity index (χ2v) is 2.92. The van der Waals surface area contributed by atoms with E-state index in [4.69, 9.17) is 5.84 Å². The summed E-state index contributed by atoms with van der Waals surface area (Å²) < 4.78 is 35.8. The van der Waals surface area contributed by atoms with Crippen LogP contribution in [0.2, 0.25) is 0 Å². The summed E-state index contributed by atoms with van der Waals surface area (Å²) in [5.41, 5.74) is 0.539. The molecule has 0 bridgehead atoms. The van der Waals surface area contributed by atoms with Gasteiger partial charge in [0.15, 0.2) is 0 Å². The molecule has 0 atom stereocenters. The fourth-order valence-corrected chi connectivity index (χ4v) is 1.01. The van der Waals surface area contributed by atoms with Gasteiger partial charge in [0.2, 0.25) is 0 Å². The molecule has 0 aromatic heterocycles. The molecule has 6 heteroatoms. The highest BCUT2D eigenvalue weighted by Gasteiger charge is 2.41. The van der Waals surface area contributed by atoms with Crippen LogP contribution >= 0.6 is 0 Å². The molecule has 0 saturated heterocycles. The fraction of sp³-hybridized carbons (Fsp3) is 0.222. The fourth-order valence-electron chi connectivity index (χ4n) is 1.01. The zero-order valence-electron chi connectivity index (χ0n) is 7.66. The van der Waals surface area contributed by atoms with E-state index >= 15 is 0 Å². The molecule has 1 aromatic carbocycles. The van der Waals surface area contributed by atoms with Crippen LogP contribution in [0.25, 0.3) is 0 Å². The first-order valence-corrected chi connectivity index (χ1v) is 4.08. The van der Waals surface area contributed by atoms with Gasteiger partial charge in [-0.15, -0.1) is 0 Å². The van der Waals surface area contributed by atoms with Crippen molar-refractivity contribution in [2.24, 2.45) is 5.84 Å². The van der Waals surface area contributed by atoms with Gasteiger partial charge in [0.25, 0.3) is 0 Å². The Morgan fingerprint density at radius 2 is 1.80 bits per heavy atom. The SMILES string of the molecule is NN(Cc1ccccc1)C(=O)C(F)(F)F. The van der Waals surface area contributed by atoms with Crippen molar-refractivity contribution in [3.8, 4) is 0 Å². The smallest absolute Gasteiger partial charge is 0.268 e. The number of hydrogen-bond acceptors (Lipinski definition) is 2. The predicted molar refractivity (Wildman–Crippen MR) is 47.2 cm³/mol. The Bertz CT molecular complexity index is 337. The van der Waals surface area contributed by atoms with Gasteiger partial charge in [0.05, 0.1) is 6.54 Å². The van der Waals surface area contributed by atoms with Gasteiger partial charge in [-0.1, -0.05) is 30.3 Å². The van der Waals surface area contributed by atoms with Crippen LogP contribution in [0.3, 0.4) is 0 Å². The summed E-state index contributed by atoms with van der Waals surface area (Å²) in [7, 11) is 0. The monoisotopic (exact) mass is 218 g/mol. The zero-order valence-corrected chi connectivity index (χ0v) is 7.66. The molecule has 0 radical (unpaired) electrons. The molecule has 1 amide bonds. The Morgan fingerprint density at radius 1 is 1.27 bits per heavy atom. The van der Waals surface area contributed by atoms with E-state index in [0.29, 0.717) is 5.56 Å². The second-order valence-electron chi connectivity index (χ2n) is 2.92. The van der Waals surface area contributed by atoms with E-state index in [1.165, 1.54) is 0 Å². The predicted octanol–water partition coefficient (Wildman–Crippen LogP) is 1.45. The summed E-state index contributed by atoms with van der Waals surface area (Å²) in [6.45, 7) is -0.265. The normalized spacial score (nSPS) is 11.2. The summed E-state index contributed by atoms with van der Waals surface area (Å²) in [5.74, 6) is 2.95. The standard InChI is InChI=1S/C9H9F3N2O/c10-9(11,12)8(15)14(13)6-7-4-2-1-3-5-7/h1-5H,6,13H2. The van der Waals surface area contributed by atoms with Crippen LogP contribution in [0, 0.1) is 0 Å². The number of nitrogens with two attached hydrogens (primary N) is 1. The number of alkyl halides is 3. The third kappa shape index (κ3) is 3.25. The minimum absolute atomic E-state index is 0.148. The van der Waals surface area contributed by atoms with Crippen LogP contribution in [-0.2, 0) is 11.3 Å². The van der Waals surface area contributed by atoms with Gasteiger partial charge in [-0.3, -0.25) is 9.80 Å². The molecule has 0 aliphatic rings. The molecular formula is C9H9F3N2O. The van der Waals surface area contributed by atoms with Crippen molar-refractivity contribution in [2.75, 3.05) is 0 Å². The van der Waals surface area contributed by atoms with Crippen molar-refractivity contribution in [1.82, 2.24) is 5.01 Å². The molecule has 3 nitrogen and oxygen atoms in total. The summed E-state index contributed by atoms with van der Waals surface area (Å²) >= 11 is 0. The highest BCUT2D eigenvalue weighted by molar-refractivity contribution is 5.81. The van der Waals surface area contributed by atoms with Crippen LogP contribution in [0.1, 0.15) is 5.56 Å². The quantitative estimate of drug-likeness (QED) is 0.464. The van der Waals surface area contributed by atoms with Gasteiger partial charge in [0.1, 0.15) is 0 Å². The van der Waals surface area contributed by atoms with E-state index in [2.05, 4.69) is 0 Å². The van der Waals surface area contributed by atoms with Crippen LogP contribution in [0.4, 0.5) is 13.2 Å². The number of benzene rings is 1. The lowest BCUT2D eigenvalue weighted by molar-refractivity contribution is -0.186. The molecular weight excluding hydrogens is 209 g/mol. The Labute approximate surface area is 84.3 Å². The van der Waals surface area contributed by atoms with Crippen LogP contribution in [-0.4, -0.2) is 17.1 Å². The minimum Gasteiger partial charge on any atom is -0.268 e. The lowest BCUT2D eigenvalue weighted by Gasteiger charge is -2.17. The topological polar surface area (TPSA) is 46.3 Å². The molecule has 0 aliphatic heterocycles.